The molecule has 3 aliphatic rings. The molecular formula is C33H32N2O5. The Kier molecular flexibility index (Phi) is 5.87. The first kappa shape index (κ1) is 25.9. The summed E-state index contributed by atoms with van der Waals surface area (Å²) in [6.07, 6.45) is 3.93. The third-order valence-corrected chi connectivity index (χ3v) is 8.48. The highest BCUT2D eigenvalue weighted by Crippen LogP contribution is 2.58. The van der Waals surface area contributed by atoms with Crippen LogP contribution in [-0.2, 0) is 15.0 Å². The van der Waals surface area contributed by atoms with Gasteiger partial charge in [0.25, 0.3) is 0 Å². The van der Waals surface area contributed by atoms with Gasteiger partial charge in [-0.2, -0.15) is 0 Å². The fourth-order valence-electron chi connectivity index (χ4n) is 6.68. The second kappa shape index (κ2) is 9.08. The molecule has 3 heterocycles. The molecule has 4 atom stereocenters. The van der Waals surface area contributed by atoms with Crippen LogP contribution in [0.2, 0.25) is 0 Å². The number of fused-ring (bicyclic) bond motifs is 6. The Hall–Kier alpha value is -4.39. The van der Waals surface area contributed by atoms with Gasteiger partial charge in [0, 0.05) is 27.9 Å². The molecule has 6 rings (SSSR count). The van der Waals surface area contributed by atoms with Crippen LogP contribution in [0.5, 0.6) is 11.5 Å². The van der Waals surface area contributed by atoms with Crippen LogP contribution in [0.3, 0.4) is 0 Å². The fourth-order valence-corrected chi connectivity index (χ4v) is 6.68. The van der Waals surface area contributed by atoms with E-state index < -0.39 is 28.8 Å². The lowest BCUT2D eigenvalue weighted by Crippen LogP contribution is -2.51. The summed E-state index contributed by atoms with van der Waals surface area (Å²) >= 11 is 0. The molecule has 1 saturated heterocycles. The Balaban J connectivity index is 1.67. The van der Waals surface area contributed by atoms with Crippen molar-refractivity contribution in [2.24, 2.45) is 11.3 Å². The van der Waals surface area contributed by atoms with Crippen molar-refractivity contribution >= 4 is 34.9 Å². The van der Waals surface area contributed by atoms with Crippen molar-refractivity contribution < 1.29 is 23.9 Å². The number of methoxy groups -OCH3 is 2. The normalized spacial score (nSPS) is 24.3. The second-order valence-electron chi connectivity index (χ2n) is 11.6. The molecule has 0 bridgehead atoms. The van der Waals surface area contributed by atoms with Crippen molar-refractivity contribution in [1.29, 1.82) is 0 Å². The lowest BCUT2D eigenvalue weighted by Gasteiger charge is -2.38. The number of hydrogen-bond acceptors (Lipinski definition) is 6. The molecule has 1 fully saturated rings. The van der Waals surface area contributed by atoms with E-state index >= 15 is 0 Å². The van der Waals surface area contributed by atoms with Gasteiger partial charge in [0.1, 0.15) is 23.0 Å². The highest BCUT2D eigenvalue weighted by atomic mass is 16.5. The molecule has 1 N–H and O–H groups in total. The van der Waals surface area contributed by atoms with Gasteiger partial charge in [-0.05, 0) is 42.0 Å². The van der Waals surface area contributed by atoms with E-state index in [-0.39, 0.29) is 17.5 Å². The third-order valence-electron chi connectivity index (χ3n) is 8.48. The molecule has 40 heavy (non-hydrogen) atoms. The van der Waals surface area contributed by atoms with Crippen molar-refractivity contribution in [2.75, 3.05) is 24.4 Å². The minimum absolute atomic E-state index is 0.107. The van der Waals surface area contributed by atoms with Gasteiger partial charge in [0.05, 0.1) is 26.2 Å². The number of Topliss-reactive ketones (excluding diaryl/α,β-unsaturated/α-hetero) is 2. The SMILES string of the molecule is COc1cccc(C(=O)[C@@H]2[C@H](C(=O)C(C)(C)C)N3c4ccc(OC)cc4C=C[C@@H]3[C@@]23C(=O)Nc2ccccc23)c1. The van der Waals surface area contributed by atoms with E-state index in [1.54, 1.807) is 38.5 Å². The van der Waals surface area contributed by atoms with Gasteiger partial charge in [0.2, 0.25) is 5.91 Å². The number of nitrogens with zero attached hydrogens (tertiary/aromatic N) is 1. The maximum absolute atomic E-state index is 14.8. The summed E-state index contributed by atoms with van der Waals surface area (Å²) in [6, 6.07) is 18.6. The van der Waals surface area contributed by atoms with Gasteiger partial charge in [-0.1, -0.05) is 63.3 Å². The molecule has 7 nitrogen and oxygen atoms in total. The Labute approximate surface area is 233 Å². The molecule has 0 aromatic heterocycles. The van der Waals surface area contributed by atoms with Crippen LogP contribution in [0.4, 0.5) is 11.4 Å². The van der Waals surface area contributed by atoms with E-state index in [1.165, 1.54) is 0 Å². The molecule has 0 unspecified atom stereocenters. The first-order valence-corrected chi connectivity index (χ1v) is 13.4. The lowest BCUT2D eigenvalue weighted by molar-refractivity contribution is -0.128. The summed E-state index contributed by atoms with van der Waals surface area (Å²) in [5.74, 6) is -0.449. The van der Waals surface area contributed by atoms with Crippen molar-refractivity contribution in [3.63, 3.8) is 0 Å². The fraction of sp³-hybridized carbons (Fsp3) is 0.303. The van der Waals surface area contributed by atoms with E-state index in [0.29, 0.717) is 22.7 Å². The number of para-hydroxylation sites is 1. The summed E-state index contributed by atoms with van der Waals surface area (Å²) in [6.45, 7) is 5.58. The number of benzene rings is 3. The molecule has 0 saturated carbocycles. The quantitative estimate of drug-likeness (QED) is 0.446. The Morgan fingerprint density at radius 3 is 2.38 bits per heavy atom. The van der Waals surface area contributed by atoms with Crippen LogP contribution in [0, 0.1) is 11.3 Å². The monoisotopic (exact) mass is 536 g/mol. The zero-order chi connectivity index (χ0) is 28.4. The Morgan fingerprint density at radius 2 is 1.65 bits per heavy atom. The molecule has 1 spiro atoms. The highest BCUT2D eigenvalue weighted by Gasteiger charge is 2.70. The zero-order valence-electron chi connectivity index (χ0n) is 23.2. The number of anilines is 2. The number of hydrogen-bond donors (Lipinski definition) is 1. The molecule has 0 radical (unpaired) electrons. The van der Waals surface area contributed by atoms with E-state index in [1.807, 2.05) is 80.3 Å². The van der Waals surface area contributed by atoms with Gasteiger partial charge in [0.15, 0.2) is 11.6 Å². The number of amides is 1. The Bertz CT molecular complexity index is 1590. The van der Waals surface area contributed by atoms with Gasteiger partial charge in [-0.3, -0.25) is 14.4 Å². The molecule has 1 amide bonds. The molecule has 3 aliphatic heterocycles. The molecule has 3 aromatic carbocycles. The molecule has 7 heteroatoms. The van der Waals surface area contributed by atoms with Crippen LogP contribution >= 0.6 is 0 Å². The minimum atomic E-state index is -1.34. The van der Waals surface area contributed by atoms with Crippen LogP contribution in [0.25, 0.3) is 6.08 Å². The number of carbonyl (C=O) groups excluding carboxylic acids is 3. The van der Waals surface area contributed by atoms with Gasteiger partial charge in [-0.25, -0.2) is 0 Å². The van der Waals surface area contributed by atoms with Crippen molar-refractivity contribution in [3.8, 4) is 11.5 Å². The minimum Gasteiger partial charge on any atom is -0.497 e. The molecular weight excluding hydrogens is 504 g/mol. The summed E-state index contributed by atoms with van der Waals surface area (Å²) in [5, 5.41) is 3.05. The van der Waals surface area contributed by atoms with Crippen LogP contribution in [0.15, 0.2) is 72.8 Å². The standard InChI is InChI=1S/C33H32N2O5/c1-32(2,3)30(37)28-27(29(36)20-9-8-10-21(18-20)39-4)33(23-11-6-7-12-24(23)34-31(33)38)26-16-13-19-17-22(40-5)14-15-25(19)35(26)28/h6-18,26-28H,1-5H3,(H,34,38)/t26-,27+,28-,33-/m1/s1. The number of carbonyl (C=O) groups is 3. The van der Waals surface area contributed by atoms with Crippen LogP contribution in [-0.4, -0.2) is 43.8 Å². The highest BCUT2D eigenvalue weighted by molar-refractivity contribution is 6.17. The predicted octanol–water partition coefficient (Wildman–Crippen LogP) is 5.29. The molecule has 204 valence electrons. The molecule has 0 aliphatic carbocycles. The van der Waals surface area contributed by atoms with Crippen molar-refractivity contribution in [1.82, 2.24) is 0 Å². The maximum Gasteiger partial charge on any atom is 0.238 e. The number of ether oxygens (including phenoxy) is 2. The van der Waals surface area contributed by atoms with E-state index in [4.69, 9.17) is 9.47 Å². The number of nitrogens with one attached hydrogen (secondary N) is 1. The summed E-state index contributed by atoms with van der Waals surface area (Å²) < 4.78 is 10.9. The van der Waals surface area contributed by atoms with Gasteiger partial charge in [-0.15, -0.1) is 0 Å². The van der Waals surface area contributed by atoms with E-state index in [9.17, 15) is 14.4 Å². The van der Waals surface area contributed by atoms with Crippen molar-refractivity contribution in [2.45, 2.75) is 38.3 Å². The summed E-state index contributed by atoms with van der Waals surface area (Å²) in [4.78, 5) is 45.6. The maximum atomic E-state index is 14.8. The summed E-state index contributed by atoms with van der Waals surface area (Å²) in [7, 11) is 3.15. The van der Waals surface area contributed by atoms with E-state index in [0.717, 1.165) is 16.8 Å². The first-order chi connectivity index (χ1) is 19.1. The van der Waals surface area contributed by atoms with Crippen LogP contribution < -0.4 is 19.7 Å². The van der Waals surface area contributed by atoms with E-state index in [2.05, 4.69) is 5.32 Å². The largest absolute Gasteiger partial charge is 0.497 e. The number of ketones is 2. The zero-order valence-corrected chi connectivity index (χ0v) is 23.2. The number of rotatable bonds is 5. The second-order valence-corrected chi connectivity index (χ2v) is 11.6. The Morgan fingerprint density at radius 1 is 0.925 bits per heavy atom. The predicted molar refractivity (Wildman–Crippen MR) is 154 cm³/mol. The average molecular weight is 537 g/mol. The molecule has 3 aromatic rings. The van der Waals surface area contributed by atoms with Gasteiger partial charge >= 0.3 is 0 Å². The van der Waals surface area contributed by atoms with Crippen LogP contribution in [0.1, 0.15) is 42.3 Å². The average Bonchev–Trinajstić information content (AvgIpc) is 3.43. The summed E-state index contributed by atoms with van der Waals surface area (Å²) in [5.41, 5.74) is 1.31. The topological polar surface area (TPSA) is 84.9 Å². The van der Waals surface area contributed by atoms with Gasteiger partial charge < -0.3 is 19.7 Å². The third kappa shape index (κ3) is 3.53. The smallest absolute Gasteiger partial charge is 0.238 e. The first-order valence-electron chi connectivity index (χ1n) is 13.4. The van der Waals surface area contributed by atoms with Crippen molar-refractivity contribution in [3.05, 3.63) is 89.5 Å². The lowest BCUT2D eigenvalue weighted by atomic mass is 9.63.